The molecule has 20 heavy (non-hydrogen) atoms. The molecule has 0 N–H and O–H groups in total. The Morgan fingerprint density at radius 3 is 2.85 bits per heavy atom. The standard InChI is InChI=1S/C16H21N3S/c1-3-18(4-2)9-10-19-16-13(11-17-19)12-20-15-8-6-5-7-14(15)16/h5-8,11H,3-4,9-10,12H2,1-2H3. The van der Waals surface area contributed by atoms with Crippen molar-refractivity contribution in [3.63, 3.8) is 0 Å². The highest BCUT2D eigenvalue weighted by atomic mass is 32.2. The van der Waals surface area contributed by atoms with Gasteiger partial charge in [0, 0.05) is 28.3 Å². The van der Waals surface area contributed by atoms with E-state index in [1.165, 1.54) is 21.7 Å². The van der Waals surface area contributed by atoms with Crippen molar-refractivity contribution in [2.24, 2.45) is 0 Å². The summed E-state index contributed by atoms with van der Waals surface area (Å²) in [6, 6.07) is 8.67. The van der Waals surface area contributed by atoms with Gasteiger partial charge >= 0.3 is 0 Å². The van der Waals surface area contributed by atoms with Crippen LogP contribution in [-0.4, -0.2) is 34.3 Å². The molecule has 0 aliphatic carbocycles. The van der Waals surface area contributed by atoms with E-state index in [1.807, 2.05) is 18.0 Å². The van der Waals surface area contributed by atoms with Crippen LogP contribution >= 0.6 is 11.8 Å². The van der Waals surface area contributed by atoms with Gasteiger partial charge in [-0.1, -0.05) is 32.0 Å². The predicted molar refractivity (Wildman–Crippen MR) is 85.0 cm³/mol. The van der Waals surface area contributed by atoms with E-state index in [4.69, 9.17) is 0 Å². The van der Waals surface area contributed by atoms with Crippen molar-refractivity contribution in [1.29, 1.82) is 0 Å². The van der Waals surface area contributed by atoms with Gasteiger partial charge in [0.15, 0.2) is 0 Å². The number of thioether (sulfide) groups is 1. The van der Waals surface area contributed by atoms with Crippen molar-refractivity contribution in [3.05, 3.63) is 36.0 Å². The molecule has 0 bridgehead atoms. The number of fused-ring (bicyclic) bond motifs is 3. The van der Waals surface area contributed by atoms with Crippen LogP contribution in [0.1, 0.15) is 19.4 Å². The van der Waals surface area contributed by atoms with E-state index in [9.17, 15) is 0 Å². The van der Waals surface area contributed by atoms with Gasteiger partial charge in [-0.15, -0.1) is 11.8 Å². The Kier molecular flexibility index (Phi) is 4.13. The second kappa shape index (κ2) is 6.02. The zero-order chi connectivity index (χ0) is 13.9. The first-order valence-electron chi connectivity index (χ1n) is 7.32. The lowest BCUT2D eigenvalue weighted by molar-refractivity contribution is 0.286. The third-order valence-electron chi connectivity index (χ3n) is 3.96. The second-order valence-electron chi connectivity index (χ2n) is 5.05. The van der Waals surface area contributed by atoms with Gasteiger partial charge < -0.3 is 4.90 Å². The average Bonchev–Trinajstić information content (AvgIpc) is 2.92. The topological polar surface area (TPSA) is 21.1 Å². The van der Waals surface area contributed by atoms with Crippen molar-refractivity contribution in [3.8, 4) is 11.3 Å². The normalized spacial score (nSPS) is 13.3. The zero-order valence-electron chi connectivity index (χ0n) is 12.2. The third-order valence-corrected chi connectivity index (χ3v) is 5.09. The Balaban J connectivity index is 1.88. The van der Waals surface area contributed by atoms with Gasteiger partial charge in [0.05, 0.1) is 18.4 Å². The molecule has 106 valence electrons. The van der Waals surface area contributed by atoms with Crippen LogP contribution in [0.4, 0.5) is 0 Å². The van der Waals surface area contributed by atoms with E-state index >= 15 is 0 Å². The summed E-state index contributed by atoms with van der Waals surface area (Å²) in [5.74, 6) is 1.04. The van der Waals surface area contributed by atoms with Crippen LogP contribution in [0, 0.1) is 0 Å². The fourth-order valence-corrected chi connectivity index (χ4v) is 3.75. The Labute approximate surface area is 125 Å². The molecule has 0 radical (unpaired) electrons. The average molecular weight is 287 g/mol. The molecule has 3 nitrogen and oxygen atoms in total. The Morgan fingerprint density at radius 1 is 1.25 bits per heavy atom. The number of hydrogen-bond donors (Lipinski definition) is 0. The summed E-state index contributed by atoms with van der Waals surface area (Å²) in [5, 5.41) is 4.61. The van der Waals surface area contributed by atoms with E-state index in [0.717, 1.165) is 31.9 Å². The van der Waals surface area contributed by atoms with Crippen LogP contribution < -0.4 is 0 Å². The van der Waals surface area contributed by atoms with Gasteiger partial charge in [0.2, 0.25) is 0 Å². The molecule has 1 aromatic heterocycles. The maximum Gasteiger partial charge on any atom is 0.0734 e. The quantitative estimate of drug-likeness (QED) is 0.840. The highest BCUT2D eigenvalue weighted by molar-refractivity contribution is 7.98. The van der Waals surface area contributed by atoms with Crippen LogP contribution in [0.25, 0.3) is 11.3 Å². The van der Waals surface area contributed by atoms with Crippen molar-refractivity contribution in [1.82, 2.24) is 14.7 Å². The first kappa shape index (κ1) is 13.7. The second-order valence-corrected chi connectivity index (χ2v) is 6.07. The SMILES string of the molecule is CCN(CC)CCn1ncc2c1-c1ccccc1SC2. The molecular formula is C16H21N3S. The first-order chi connectivity index (χ1) is 9.83. The van der Waals surface area contributed by atoms with Gasteiger partial charge in [-0.05, 0) is 19.2 Å². The molecule has 2 heterocycles. The van der Waals surface area contributed by atoms with E-state index in [1.54, 1.807) is 0 Å². The molecule has 0 saturated heterocycles. The molecule has 0 unspecified atom stereocenters. The summed E-state index contributed by atoms with van der Waals surface area (Å²) < 4.78 is 2.19. The molecule has 1 aliphatic rings. The Bertz CT molecular complexity index is 587. The number of rotatable bonds is 5. The maximum atomic E-state index is 4.61. The van der Waals surface area contributed by atoms with Crippen molar-refractivity contribution < 1.29 is 0 Å². The summed E-state index contributed by atoms with van der Waals surface area (Å²) in [6.45, 7) is 8.67. The summed E-state index contributed by atoms with van der Waals surface area (Å²) in [6.07, 6.45) is 2.04. The molecule has 1 aromatic carbocycles. The van der Waals surface area contributed by atoms with Gasteiger partial charge in [-0.3, -0.25) is 4.68 Å². The Morgan fingerprint density at radius 2 is 2.05 bits per heavy atom. The summed E-state index contributed by atoms with van der Waals surface area (Å²) in [4.78, 5) is 3.82. The molecule has 0 atom stereocenters. The minimum absolute atomic E-state index is 0.968. The minimum atomic E-state index is 0.968. The van der Waals surface area contributed by atoms with Crippen molar-refractivity contribution >= 4 is 11.8 Å². The number of aromatic nitrogens is 2. The molecular weight excluding hydrogens is 266 g/mol. The summed E-state index contributed by atoms with van der Waals surface area (Å²) in [7, 11) is 0. The fraction of sp³-hybridized carbons (Fsp3) is 0.438. The minimum Gasteiger partial charge on any atom is -0.302 e. The smallest absolute Gasteiger partial charge is 0.0734 e. The van der Waals surface area contributed by atoms with Gasteiger partial charge in [0.25, 0.3) is 0 Å². The fourth-order valence-electron chi connectivity index (χ4n) is 2.73. The largest absolute Gasteiger partial charge is 0.302 e. The number of benzene rings is 1. The van der Waals surface area contributed by atoms with E-state index in [2.05, 4.69) is 52.8 Å². The monoisotopic (exact) mass is 287 g/mol. The summed E-state index contributed by atoms with van der Waals surface area (Å²) in [5.41, 5.74) is 4.04. The molecule has 0 amide bonds. The highest BCUT2D eigenvalue weighted by Crippen LogP contribution is 2.40. The third kappa shape index (κ3) is 2.50. The lowest BCUT2D eigenvalue weighted by atomic mass is 10.1. The first-order valence-corrected chi connectivity index (χ1v) is 8.31. The lowest BCUT2D eigenvalue weighted by Crippen LogP contribution is -2.27. The zero-order valence-corrected chi connectivity index (χ0v) is 13.0. The molecule has 0 saturated carbocycles. The van der Waals surface area contributed by atoms with Crippen LogP contribution in [0.2, 0.25) is 0 Å². The Hall–Kier alpha value is -1.26. The molecule has 1 aliphatic heterocycles. The highest BCUT2D eigenvalue weighted by Gasteiger charge is 2.20. The van der Waals surface area contributed by atoms with Gasteiger partial charge in [-0.25, -0.2) is 0 Å². The van der Waals surface area contributed by atoms with E-state index in [0.29, 0.717) is 0 Å². The molecule has 3 rings (SSSR count). The lowest BCUT2D eigenvalue weighted by Gasteiger charge is -2.21. The van der Waals surface area contributed by atoms with E-state index < -0.39 is 0 Å². The molecule has 2 aromatic rings. The van der Waals surface area contributed by atoms with Crippen LogP contribution in [0.15, 0.2) is 35.4 Å². The molecule has 0 fully saturated rings. The summed E-state index contributed by atoms with van der Waals surface area (Å²) >= 11 is 1.91. The van der Waals surface area contributed by atoms with Crippen LogP contribution in [0.3, 0.4) is 0 Å². The van der Waals surface area contributed by atoms with Crippen molar-refractivity contribution in [2.75, 3.05) is 19.6 Å². The van der Waals surface area contributed by atoms with Gasteiger partial charge in [-0.2, -0.15) is 5.10 Å². The molecule has 4 heteroatoms. The maximum absolute atomic E-state index is 4.61. The predicted octanol–water partition coefficient (Wildman–Crippen LogP) is 3.50. The van der Waals surface area contributed by atoms with Gasteiger partial charge in [0.1, 0.15) is 0 Å². The van der Waals surface area contributed by atoms with E-state index in [-0.39, 0.29) is 0 Å². The van der Waals surface area contributed by atoms with Crippen LogP contribution in [-0.2, 0) is 12.3 Å². The number of likely N-dealkylation sites (N-methyl/N-ethyl adjacent to an activating group) is 1. The van der Waals surface area contributed by atoms with Crippen molar-refractivity contribution in [2.45, 2.75) is 31.0 Å². The molecule has 0 spiro atoms. The van der Waals surface area contributed by atoms with Crippen LogP contribution in [0.5, 0.6) is 0 Å². The number of nitrogens with zero attached hydrogens (tertiary/aromatic N) is 3. The number of hydrogen-bond acceptors (Lipinski definition) is 3.